The number of aryl methyl sites for hydroxylation is 1. The van der Waals surface area contributed by atoms with Crippen molar-refractivity contribution in [3.63, 3.8) is 0 Å². The summed E-state index contributed by atoms with van der Waals surface area (Å²) in [6, 6.07) is 9.27. The maximum atomic E-state index is 13.2. The van der Waals surface area contributed by atoms with Crippen molar-refractivity contribution < 1.29 is 9.59 Å². The van der Waals surface area contributed by atoms with E-state index in [0.29, 0.717) is 12.6 Å². The zero-order chi connectivity index (χ0) is 19.7. The number of hydrogen-bond acceptors (Lipinski definition) is 4. The number of piperazine rings is 1. The molecule has 2 atom stereocenters. The van der Waals surface area contributed by atoms with E-state index < -0.39 is 0 Å². The van der Waals surface area contributed by atoms with Crippen LogP contribution in [-0.2, 0) is 16.1 Å². The van der Waals surface area contributed by atoms with Gasteiger partial charge in [-0.05, 0) is 31.7 Å². The van der Waals surface area contributed by atoms with Crippen LogP contribution in [0.15, 0.2) is 24.3 Å². The van der Waals surface area contributed by atoms with Crippen molar-refractivity contribution in [2.45, 2.75) is 57.8 Å². The third-order valence-corrected chi connectivity index (χ3v) is 6.37. The largest absolute Gasteiger partial charge is 0.338 e. The van der Waals surface area contributed by atoms with E-state index in [1.54, 1.807) is 6.92 Å². The molecule has 0 spiro atoms. The number of carbonyl (C=O) groups excluding carboxylic acids is 2. The zero-order valence-electron chi connectivity index (χ0n) is 17.1. The standard InChI is InChI=1S/C22H32N4O2/c1-16-3-5-18(6-4-16)14-26(19-7-8-19)20-13-21(25(15-20)17(2)27)22(28)24-11-9-23-10-12-24/h3-6,19-21,23H,7-15H2,1-2H3. The number of likely N-dealkylation sites (tertiary alicyclic amines) is 1. The fraction of sp³-hybridized carbons (Fsp3) is 0.636. The number of rotatable bonds is 5. The maximum Gasteiger partial charge on any atom is 0.245 e. The Morgan fingerprint density at radius 2 is 1.79 bits per heavy atom. The highest BCUT2D eigenvalue weighted by Crippen LogP contribution is 2.35. The van der Waals surface area contributed by atoms with Gasteiger partial charge in [0.25, 0.3) is 0 Å². The topological polar surface area (TPSA) is 55.9 Å². The molecule has 3 fully saturated rings. The van der Waals surface area contributed by atoms with Gasteiger partial charge >= 0.3 is 0 Å². The Morgan fingerprint density at radius 1 is 1.11 bits per heavy atom. The van der Waals surface area contributed by atoms with E-state index >= 15 is 0 Å². The molecule has 3 aliphatic rings. The van der Waals surface area contributed by atoms with Crippen LogP contribution in [0.5, 0.6) is 0 Å². The Balaban J connectivity index is 1.49. The van der Waals surface area contributed by atoms with Crippen LogP contribution < -0.4 is 5.32 Å². The molecule has 0 bridgehead atoms. The second kappa shape index (κ2) is 8.21. The van der Waals surface area contributed by atoms with Crippen molar-refractivity contribution in [1.82, 2.24) is 20.0 Å². The van der Waals surface area contributed by atoms with Gasteiger partial charge in [0, 0.05) is 58.3 Å². The second-order valence-corrected chi connectivity index (χ2v) is 8.54. The zero-order valence-corrected chi connectivity index (χ0v) is 17.1. The van der Waals surface area contributed by atoms with Crippen molar-refractivity contribution in [3.05, 3.63) is 35.4 Å². The molecule has 1 aromatic carbocycles. The quantitative estimate of drug-likeness (QED) is 0.833. The molecule has 2 aliphatic heterocycles. The van der Waals surface area contributed by atoms with Crippen molar-refractivity contribution in [2.75, 3.05) is 32.7 Å². The van der Waals surface area contributed by atoms with Crippen LogP contribution >= 0.6 is 0 Å². The molecule has 28 heavy (non-hydrogen) atoms. The summed E-state index contributed by atoms with van der Waals surface area (Å²) in [6.45, 7) is 8.42. The minimum absolute atomic E-state index is 0.0158. The van der Waals surface area contributed by atoms with Crippen LogP contribution in [0.25, 0.3) is 0 Å². The lowest BCUT2D eigenvalue weighted by atomic mass is 10.1. The Bertz CT molecular complexity index is 710. The molecule has 2 saturated heterocycles. The Morgan fingerprint density at radius 3 is 2.39 bits per heavy atom. The Kier molecular flexibility index (Phi) is 5.69. The molecule has 152 valence electrons. The summed E-state index contributed by atoms with van der Waals surface area (Å²) in [5, 5.41) is 3.29. The molecule has 4 rings (SSSR count). The number of amides is 2. The first-order valence-corrected chi connectivity index (χ1v) is 10.6. The van der Waals surface area contributed by atoms with Crippen LogP contribution in [0, 0.1) is 6.92 Å². The van der Waals surface area contributed by atoms with Gasteiger partial charge in [-0.15, -0.1) is 0 Å². The van der Waals surface area contributed by atoms with E-state index in [0.717, 1.165) is 39.1 Å². The van der Waals surface area contributed by atoms with Gasteiger partial charge in [0.05, 0.1) is 0 Å². The van der Waals surface area contributed by atoms with E-state index in [9.17, 15) is 9.59 Å². The predicted octanol–water partition coefficient (Wildman–Crippen LogP) is 1.38. The molecule has 1 aromatic rings. The van der Waals surface area contributed by atoms with Crippen molar-refractivity contribution in [3.8, 4) is 0 Å². The van der Waals surface area contributed by atoms with E-state index in [2.05, 4.69) is 41.4 Å². The highest BCUT2D eigenvalue weighted by molar-refractivity contribution is 5.87. The predicted molar refractivity (Wildman–Crippen MR) is 109 cm³/mol. The number of nitrogens with one attached hydrogen (secondary N) is 1. The second-order valence-electron chi connectivity index (χ2n) is 8.54. The molecular weight excluding hydrogens is 352 g/mol. The molecule has 2 amide bonds. The van der Waals surface area contributed by atoms with Gasteiger partial charge < -0.3 is 15.1 Å². The maximum absolute atomic E-state index is 13.2. The molecule has 6 nitrogen and oxygen atoms in total. The van der Waals surface area contributed by atoms with Gasteiger partial charge in [-0.3, -0.25) is 14.5 Å². The fourth-order valence-corrected chi connectivity index (χ4v) is 4.60. The summed E-state index contributed by atoms with van der Waals surface area (Å²) >= 11 is 0. The van der Waals surface area contributed by atoms with Crippen molar-refractivity contribution >= 4 is 11.8 Å². The Labute approximate surface area is 167 Å². The van der Waals surface area contributed by atoms with E-state index in [4.69, 9.17) is 0 Å². The van der Waals surface area contributed by atoms with E-state index in [1.807, 2.05) is 9.80 Å². The number of nitrogens with zero attached hydrogens (tertiary/aromatic N) is 3. The monoisotopic (exact) mass is 384 g/mol. The summed E-state index contributed by atoms with van der Waals surface area (Å²) in [5.74, 6) is 0.146. The lowest BCUT2D eigenvalue weighted by molar-refractivity contribution is -0.143. The normalized spacial score (nSPS) is 25.4. The van der Waals surface area contributed by atoms with Crippen LogP contribution in [0.2, 0.25) is 0 Å². The number of hydrogen-bond donors (Lipinski definition) is 1. The van der Waals surface area contributed by atoms with Crippen LogP contribution in [0.3, 0.4) is 0 Å². The van der Waals surface area contributed by atoms with Gasteiger partial charge in [-0.1, -0.05) is 29.8 Å². The van der Waals surface area contributed by atoms with Gasteiger partial charge in [0.1, 0.15) is 6.04 Å². The van der Waals surface area contributed by atoms with Crippen LogP contribution in [0.1, 0.15) is 37.3 Å². The summed E-state index contributed by atoms with van der Waals surface area (Å²) in [7, 11) is 0. The lowest BCUT2D eigenvalue weighted by Crippen LogP contribution is -2.53. The SMILES string of the molecule is CC(=O)N1CC(N(Cc2ccc(C)cc2)C2CC2)CC1C(=O)N1CCNCC1. The van der Waals surface area contributed by atoms with Crippen LogP contribution in [0.4, 0.5) is 0 Å². The summed E-state index contributed by atoms with van der Waals surface area (Å²) in [6.07, 6.45) is 3.20. The minimum Gasteiger partial charge on any atom is -0.338 e. The summed E-state index contributed by atoms with van der Waals surface area (Å²) in [5.41, 5.74) is 2.58. The fourth-order valence-electron chi connectivity index (χ4n) is 4.60. The molecule has 1 saturated carbocycles. The lowest BCUT2D eigenvalue weighted by Gasteiger charge is -2.32. The van der Waals surface area contributed by atoms with Crippen molar-refractivity contribution in [2.24, 2.45) is 0 Å². The molecule has 2 unspecified atom stereocenters. The third-order valence-electron chi connectivity index (χ3n) is 6.37. The first-order chi connectivity index (χ1) is 13.5. The molecule has 1 N–H and O–H groups in total. The van der Waals surface area contributed by atoms with Gasteiger partial charge in [-0.25, -0.2) is 0 Å². The first-order valence-electron chi connectivity index (χ1n) is 10.6. The average Bonchev–Trinajstić information content (AvgIpc) is 3.45. The highest BCUT2D eigenvalue weighted by atomic mass is 16.2. The number of carbonyl (C=O) groups is 2. The number of benzene rings is 1. The third kappa shape index (κ3) is 4.23. The average molecular weight is 385 g/mol. The van der Waals surface area contributed by atoms with E-state index in [1.165, 1.54) is 24.0 Å². The van der Waals surface area contributed by atoms with Crippen molar-refractivity contribution in [1.29, 1.82) is 0 Å². The van der Waals surface area contributed by atoms with Gasteiger partial charge in [0.15, 0.2) is 0 Å². The minimum atomic E-state index is -0.306. The molecule has 0 radical (unpaired) electrons. The molecule has 0 aromatic heterocycles. The van der Waals surface area contributed by atoms with E-state index in [-0.39, 0.29) is 23.9 Å². The molecular formula is C22H32N4O2. The summed E-state index contributed by atoms with van der Waals surface area (Å²) in [4.78, 5) is 31.8. The molecule has 1 aliphatic carbocycles. The summed E-state index contributed by atoms with van der Waals surface area (Å²) < 4.78 is 0. The molecule has 2 heterocycles. The molecule has 6 heteroatoms. The Hall–Kier alpha value is -1.92. The highest BCUT2D eigenvalue weighted by Gasteiger charge is 2.45. The first kappa shape index (κ1) is 19.4. The smallest absolute Gasteiger partial charge is 0.245 e. The van der Waals surface area contributed by atoms with Crippen LogP contribution in [-0.4, -0.2) is 77.4 Å². The van der Waals surface area contributed by atoms with Gasteiger partial charge in [-0.2, -0.15) is 0 Å². The van der Waals surface area contributed by atoms with Gasteiger partial charge in [0.2, 0.25) is 11.8 Å².